The van der Waals surface area contributed by atoms with E-state index in [0.717, 1.165) is 36.9 Å². The van der Waals surface area contributed by atoms with Gasteiger partial charge in [-0.1, -0.05) is 6.92 Å². The summed E-state index contributed by atoms with van der Waals surface area (Å²) >= 11 is 0. The van der Waals surface area contributed by atoms with Gasteiger partial charge in [0.1, 0.15) is 23.7 Å². The maximum Gasteiger partial charge on any atom is 0.146 e. The first-order valence-electron chi connectivity index (χ1n) is 6.64. The maximum atomic E-state index is 5.66. The van der Waals surface area contributed by atoms with E-state index in [-0.39, 0.29) is 0 Å². The molecule has 0 aliphatic rings. The molecule has 0 saturated carbocycles. The molecule has 0 spiro atoms. The van der Waals surface area contributed by atoms with Gasteiger partial charge in [0.15, 0.2) is 0 Å². The molecule has 0 N–H and O–H groups in total. The Balaban J connectivity index is 1.80. The molecule has 1 atom stereocenters. The lowest BCUT2D eigenvalue weighted by Gasteiger charge is -2.17. The second kappa shape index (κ2) is 6.02. The molecule has 2 aromatic heterocycles. The third kappa shape index (κ3) is 3.67. The highest BCUT2D eigenvalue weighted by Gasteiger charge is 2.12. The van der Waals surface area contributed by atoms with Crippen LogP contribution in [-0.4, -0.2) is 33.3 Å². The fraction of sp³-hybridized carbons (Fsp3) is 0.571. The number of aryl methyl sites for hydroxylation is 2. The van der Waals surface area contributed by atoms with Crippen LogP contribution in [0, 0.1) is 6.92 Å². The van der Waals surface area contributed by atoms with Gasteiger partial charge in [0.2, 0.25) is 0 Å². The minimum atomic E-state index is 0.440. The van der Waals surface area contributed by atoms with Gasteiger partial charge in [0.05, 0.1) is 6.54 Å². The molecule has 0 fully saturated rings. The topological polar surface area (TPSA) is 47.1 Å². The zero-order chi connectivity index (χ0) is 13.8. The van der Waals surface area contributed by atoms with Crippen molar-refractivity contribution in [2.45, 2.75) is 32.7 Å². The monoisotopic (exact) mass is 262 g/mol. The van der Waals surface area contributed by atoms with Gasteiger partial charge < -0.3 is 8.98 Å². The summed E-state index contributed by atoms with van der Waals surface area (Å²) in [5.74, 6) is 3.48. The molecule has 0 amide bonds. The van der Waals surface area contributed by atoms with Crippen molar-refractivity contribution in [2.75, 3.05) is 13.6 Å². The molecule has 0 bridgehead atoms. The molecule has 5 nitrogen and oxygen atoms in total. The Bertz CT molecular complexity index is 517. The van der Waals surface area contributed by atoms with Crippen LogP contribution in [-0.2, 0) is 13.6 Å². The predicted molar refractivity (Wildman–Crippen MR) is 73.8 cm³/mol. The Morgan fingerprint density at radius 3 is 2.79 bits per heavy atom. The van der Waals surface area contributed by atoms with Crippen molar-refractivity contribution >= 4 is 0 Å². The highest BCUT2D eigenvalue weighted by Crippen LogP contribution is 2.21. The van der Waals surface area contributed by atoms with Gasteiger partial charge in [0.25, 0.3) is 0 Å². The van der Waals surface area contributed by atoms with Crippen LogP contribution in [0.1, 0.15) is 36.6 Å². The van der Waals surface area contributed by atoms with Crippen molar-refractivity contribution in [2.24, 2.45) is 7.05 Å². The van der Waals surface area contributed by atoms with E-state index in [1.165, 1.54) is 0 Å². The van der Waals surface area contributed by atoms with Crippen molar-refractivity contribution < 1.29 is 4.42 Å². The SMILES string of the molecule is Cc1ccc(C(C)CCN(C)Cc2nncn2C)o1. The third-order valence-corrected chi connectivity index (χ3v) is 3.41. The standard InChI is InChI=1S/C14H22N4O/c1-11(13-6-5-12(2)19-13)7-8-17(3)9-14-16-15-10-18(14)4/h5-6,10-11H,7-9H2,1-4H3. The first-order chi connectivity index (χ1) is 9.06. The van der Waals surface area contributed by atoms with Crippen molar-refractivity contribution in [3.63, 3.8) is 0 Å². The minimum Gasteiger partial charge on any atom is -0.466 e. The lowest BCUT2D eigenvalue weighted by molar-refractivity contribution is 0.295. The van der Waals surface area contributed by atoms with Crippen LogP contribution in [0.15, 0.2) is 22.9 Å². The van der Waals surface area contributed by atoms with Crippen molar-refractivity contribution in [1.29, 1.82) is 0 Å². The lowest BCUT2D eigenvalue weighted by Crippen LogP contribution is -2.22. The Hall–Kier alpha value is -1.62. The predicted octanol–water partition coefficient (Wildman–Crippen LogP) is 2.34. The quantitative estimate of drug-likeness (QED) is 0.801. The van der Waals surface area contributed by atoms with E-state index >= 15 is 0 Å². The molecular weight excluding hydrogens is 240 g/mol. The normalized spacial score (nSPS) is 13.1. The molecular formula is C14H22N4O. The highest BCUT2D eigenvalue weighted by atomic mass is 16.3. The Morgan fingerprint density at radius 1 is 1.42 bits per heavy atom. The van der Waals surface area contributed by atoms with Gasteiger partial charge in [-0.2, -0.15) is 0 Å². The van der Waals surface area contributed by atoms with Crippen LogP contribution in [0.5, 0.6) is 0 Å². The Kier molecular flexibility index (Phi) is 4.37. The molecule has 2 rings (SSSR count). The fourth-order valence-corrected chi connectivity index (χ4v) is 2.05. The van der Waals surface area contributed by atoms with Crippen LogP contribution in [0.2, 0.25) is 0 Å². The summed E-state index contributed by atoms with van der Waals surface area (Å²) in [6.07, 6.45) is 2.80. The van der Waals surface area contributed by atoms with Crippen molar-refractivity contribution in [3.05, 3.63) is 35.8 Å². The lowest BCUT2D eigenvalue weighted by atomic mass is 10.1. The molecule has 2 aromatic rings. The summed E-state index contributed by atoms with van der Waals surface area (Å²) < 4.78 is 7.61. The number of hydrogen-bond acceptors (Lipinski definition) is 4. The number of furan rings is 1. The van der Waals surface area contributed by atoms with Crippen molar-refractivity contribution in [1.82, 2.24) is 19.7 Å². The van der Waals surface area contributed by atoms with E-state index in [2.05, 4.69) is 35.1 Å². The molecule has 0 radical (unpaired) electrons. The second-order valence-electron chi connectivity index (χ2n) is 5.23. The number of aromatic nitrogens is 3. The molecule has 19 heavy (non-hydrogen) atoms. The molecule has 1 unspecified atom stereocenters. The van der Waals surface area contributed by atoms with Gasteiger partial charge in [-0.15, -0.1) is 10.2 Å². The zero-order valence-electron chi connectivity index (χ0n) is 12.1. The Morgan fingerprint density at radius 2 is 2.21 bits per heavy atom. The molecule has 5 heteroatoms. The number of rotatable bonds is 6. The average Bonchev–Trinajstić information content (AvgIpc) is 2.96. The summed E-state index contributed by atoms with van der Waals surface area (Å²) in [6.45, 7) is 6.01. The van der Waals surface area contributed by atoms with Crippen LogP contribution >= 0.6 is 0 Å². The van der Waals surface area contributed by atoms with Gasteiger partial charge in [-0.05, 0) is 39.1 Å². The first-order valence-corrected chi connectivity index (χ1v) is 6.64. The van der Waals surface area contributed by atoms with Gasteiger partial charge in [0, 0.05) is 13.0 Å². The molecule has 0 aromatic carbocycles. The molecule has 0 saturated heterocycles. The van der Waals surface area contributed by atoms with E-state index in [0.29, 0.717) is 5.92 Å². The highest BCUT2D eigenvalue weighted by molar-refractivity contribution is 5.09. The van der Waals surface area contributed by atoms with Crippen LogP contribution < -0.4 is 0 Å². The van der Waals surface area contributed by atoms with E-state index in [4.69, 9.17) is 4.42 Å². The molecule has 0 aliphatic carbocycles. The van der Waals surface area contributed by atoms with Gasteiger partial charge >= 0.3 is 0 Å². The second-order valence-corrected chi connectivity index (χ2v) is 5.23. The van der Waals surface area contributed by atoms with E-state index in [9.17, 15) is 0 Å². The minimum absolute atomic E-state index is 0.440. The summed E-state index contributed by atoms with van der Waals surface area (Å²) in [4.78, 5) is 2.26. The largest absolute Gasteiger partial charge is 0.466 e. The fourth-order valence-electron chi connectivity index (χ4n) is 2.05. The molecule has 2 heterocycles. The van der Waals surface area contributed by atoms with Crippen molar-refractivity contribution in [3.8, 4) is 0 Å². The smallest absolute Gasteiger partial charge is 0.146 e. The maximum absolute atomic E-state index is 5.66. The van der Waals surface area contributed by atoms with Gasteiger partial charge in [-0.25, -0.2) is 0 Å². The molecule has 104 valence electrons. The van der Waals surface area contributed by atoms with E-state index < -0.39 is 0 Å². The van der Waals surface area contributed by atoms with Crippen LogP contribution in [0.3, 0.4) is 0 Å². The zero-order valence-corrected chi connectivity index (χ0v) is 12.1. The van der Waals surface area contributed by atoms with E-state index in [1.807, 2.05) is 24.6 Å². The summed E-state index contributed by atoms with van der Waals surface area (Å²) in [6, 6.07) is 4.10. The number of nitrogens with zero attached hydrogens (tertiary/aromatic N) is 4. The molecule has 0 aliphatic heterocycles. The van der Waals surface area contributed by atoms with Crippen LogP contribution in [0.25, 0.3) is 0 Å². The number of hydrogen-bond donors (Lipinski definition) is 0. The summed E-state index contributed by atoms with van der Waals surface area (Å²) in [5, 5.41) is 7.99. The first kappa shape index (κ1) is 13.8. The van der Waals surface area contributed by atoms with E-state index in [1.54, 1.807) is 6.33 Å². The summed E-state index contributed by atoms with van der Waals surface area (Å²) in [5.41, 5.74) is 0. The summed E-state index contributed by atoms with van der Waals surface area (Å²) in [7, 11) is 4.08. The average molecular weight is 262 g/mol. The Labute approximate surface area is 114 Å². The van der Waals surface area contributed by atoms with Gasteiger partial charge in [-0.3, -0.25) is 4.90 Å². The third-order valence-electron chi connectivity index (χ3n) is 3.41. The van der Waals surface area contributed by atoms with Crippen LogP contribution in [0.4, 0.5) is 0 Å².